The number of hydrogen-bond acceptors (Lipinski definition) is 5. The van der Waals surface area contributed by atoms with Crippen molar-refractivity contribution < 1.29 is 19.2 Å². The van der Waals surface area contributed by atoms with Gasteiger partial charge in [0.05, 0.1) is 31.5 Å². The minimum absolute atomic E-state index is 0.0206. The summed E-state index contributed by atoms with van der Waals surface area (Å²) in [4.78, 5) is 33.8. The molecule has 3 rings (SSSR count). The Balaban J connectivity index is 2.62. The molecular weight excluding hydrogens is 309 g/mol. The number of halogens is 2. The lowest BCUT2D eigenvalue weighted by atomic mass is 9.96. The second-order valence-corrected chi connectivity index (χ2v) is 4.82. The standard InChI is InChI=1S/C12H3Cl2NO5/c13-6-3-5-8-4(11(16)20-12(5)17)1-2-7(15(18)19)9(8)10(6)14/h1-3H. The molecule has 0 saturated carbocycles. The average Bonchev–Trinajstić information content (AvgIpc) is 2.39. The molecule has 0 N–H and O–H groups in total. The van der Waals surface area contributed by atoms with Crippen LogP contribution in [0, 0.1) is 10.1 Å². The smallest absolute Gasteiger partial charge is 0.346 e. The third-order valence-corrected chi connectivity index (χ3v) is 3.76. The number of benzene rings is 2. The van der Waals surface area contributed by atoms with Crippen LogP contribution < -0.4 is 0 Å². The summed E-state index contributed by atoms with van der Waals surface area (Å²) in [5.41, 5.74) is -0.313. The zero-order valence-electron chi connectivity index (χ0n) is 9.48. The Morgan fingerprint density at radius 2 is 1.70 bits per heavy atom. The van der Waals surface area contributed by atoms with Crippen LogP contribution in [-0.4, -0.2) is 16.9 Å². The number of nitrogens with zero attached hydrogens (tertiary/aromatic N) is 1. The Morgan fingerprint density at radius 1 is 1.05 bits per heavy atom. The van der Waals surface area contributed by atoms with Crippen LogP contribution in [0.4, 0.5) is 5.69 Å². The van der Waals surface area contributed by atoms with E-state index in [2.05, 4.69) is 4.74 Å². The number of hydrogen-bond donors (Lipinski definition) is 0. The van der Waals surface area contributed by atoms with E-state index in [0.717, 1.165) is 6.07 Å². The molecule has 1 aliphatic heterocycles. The molecule has 0 saturated heterocycles. The van der Waals surface area contributed by atoms with Crippen molar-refractivity contribution in [3.63, 3.8) is 0 Å². The molecule has 0 amide bonds. The number of ether oxygens (including phenoxy) is 1. The van der Waals surface area contributed by atoms with E-state index in [1.54, 1.807) is 0 Å². The highest BCUT2D eigenvalue weighted by molar-refractivity contribution is 6.47. The first kappa shape index (κ1) is 12.8. The van der Waals surface area contributed by atoms with Gasteiger partial charge in [0.1, 0.15) is 0 Å². The van der Waals surface area contributed by atoms with Gasteiger partial charge in [-0.15, -0.1) is 0 Å². The molecule has 20 heavy (non-hydrogen) atoms. The van der Waals surface area contributed by atoms with E-state index >= 15 is 0 Å². The fourth-order valence-electron chi connectivity index (χ4n) is 2.15. The van der Waals surface area contributed by atoms with Gasteiger partial charge >= 0.3 is 11.9 Å². The Labute approximate surface area is 121 Å². The Hall–Kier alpha value is -2.18. The zero-order valence-corrected chi connectivity index (χ0v) is 11.0. The maximum absolute atomic E-state index is 11.7. The molecule has 0 radical (unpaired) electrons. The Kier molecular flexibility index (Phi) is 2.67. The molecule has 2 aromatic carbocycles. The van der Waals surface area contributed by atoms with Crippen molar-refractivity contribution in [1.82, 2.24) is 0 Å². The van der Waals surface area contributed by atoms with Gasteiger partial charge in [-0.3, -0.25) is 10.1 Å². The molecule has 0 unspecified atom stereocenters. The van der Waals surface area contributed by atoms with Crippen LogP contribution in [0.15, 0.2) is 18.2 Å². The monoisotopic (exact) mass is 311 g/mol. The largest absolute Gasteiger partial charge is 0.386 e. The predicted molar refractivity (Wildman–Crippen MR) is 70.4 cm³/mol. The molecule has 6 nitrogen and oxygen atoms in total. The summed E-state index contributed by atoms with van der Waals surface area (Å²) in [6, 6.07) is 3.58. The molecule has 0 aromatic heterocycles. The number of nitro benzene ring substituents is 1. The maximum atomic E-state index is 11.7. The highest BCUT2D eigenvalue weighted by Gasteiger charge is 2.32. The van der Waals surface area contributed by atoms with Gasteiger partial charge in [0.2, 0.25) is 0 Å². The van der Waals surface area contributed by atoms with Gasteiger partial charge in [-0.25, -0.2) is 9.59 Å². The minimum Gasteiger partial charge on any atom is -0.386 e. The molecule has 0 spiro atoms. The first-order chi connectivity index (χ1) is 9.41. The highest BCUT2D eigenvalue weighted by Crippen LogP contribution is 2.42. The van der Waals surface area contributed by atoms with Crippen LogP contribution in [0.2, 0.25) is 10.0 Å². The van der Waals surface area contributed by atoms with E-state index in [-0.39, 0.29) is 37.6 Å². The fourth-order valence-corrected chi connectivity index (χ4v) is 2.60. The van der Waals surface area contributed by atoms with Crippen molar-refractivity contribution in [3.05, 3.63) is 49.5 Å². The quantitative estimate of drug-likeness (QED) is 0.349. The second-order valence-electron chi connectivity index (χ2n) is 4.04. The van der Waals surface area contributed by atoms with Gasteiger partial charge in [0, 0.05) is 11.5 Å². The summed E-state index contributed by atoms with van der Waals surface area (Å²) < 4.78 is 4.55. The zero-order chi connectivity index (χ0) is 14.6. The lowest BCUT2D eigenvalue weighted by molar-refractivity contribution is -0.383. The van der Waals surface area contributed by atoms with Crippen molar-refractivity contribution >= 4 is 51.6 Å². The topological polar surface area (TPSA) is 86.5 Å². The minimum atomic E-state index is -0.911. The van der Waals surface area contributed by atoms with E-state index in [4.69, 9.17) is 23.2 Å². The normalized spacial score (nSPS) is 13.5. The molecule has 1 heterocycles. The number of rotatable bonds is 1. The third-order valence-electron chi connectivity index (χ3n) is 2.97. The Morgan fingerprint density at radius 3 is 2.35 bits per heavy atom. The number of carbonyl (C=O) groups is 2. The van der Waals surface area contributed by atoms with Gasteiger partial charge in [-0.05, 0) is 12.1 Å². The molecule has 0 fully saturated rings. The summed E-state index contributed by atoms with van der Waals surface area (Å²) in [5.74, 6) is -1.78. The van der Waals surface area contributed by atoms with Crippen molar-refractivity contribution in [2.24, 2.45) is 0 Å². The van der Waals surface area contributed by atoms with Crippen LogP contribution >= 0.6 is 23.2 Å². The molecule has 8 heteroatoms. The molecule has 1 aliphatic rings. The summed E-state index contributed by atoms with van der Waals surface area (Å²) in [6.45, 7) is 0. The number of esters is 2. The SMILES string of the molecule is O=C1OC(=O)c2cc(Cl)c(Cl)c3c([N+](=O)[O-])ccc1c23. The second kappa shape index (κ2) is 4.16. The van der Waals surface area contributed by atoms with Crippen LogP contribution in [0.1, 0.15) is 20.7 Å². The van der Waals surface area contributed by atoms with Crippen LogP contribution in [0.5, 0.6) is 0 Å². The van der Waals surface area contributed by atoms with Crippen LogP contribution in [0.3, 0.4) is 0 Å². The van der Waals surface area contributed by atoms with Crippen LogP contribution in [-0.2, 0) is 4.74 Å². The third kappa shape index (κ3) is 1.59. The number of cyclic esters (lactones) is 2. The van der Waals surface area contributed by atoms with E-state index in [1.807, 2.05) is 0 Å². The molecular formula is C12H3Cl2NO5. The lowest BCUT2D eigenvalue weighted by Crippen LogP contribution is -2.20. The molecule has 0 atom stereocenters. The summed E-state index contributed by atoms with van der Waals surface area (Å²) >= 11 is 11.9. The van der Waals surface area contributed by atoms with Crippen molar-refractivity contribution in [2.75, 3.05) is 0 Å². The fraction of sp³-hybridized carbons (Fsp3) is 0. The van der Waals surface area contributed by atoms with Gasteiger partial charge in [-0.1, -0.05) is 23.2 Å². The van der Waals surface area contributed by atoms with Crippen molar-refractivity contribution in [1.29, 1.82) is 0 Å². The summed E-state index contributed by atoms with van der Waals surface area (Å²) in [5, 5.41) is 11.0. The number of carbonyl (C=O) groups excluding carboxylic acids is 2. The van der Waals surface area contributed by atoms with E-state index in [9.17, 15) is 19.7 Å². The lowest BCUT2D eigenvalue weighted by Gasteiger charge is -2.16. The maximum Gasteiger partial charge on any atom is 0.346 e. The predicted octanol–water partition coefficient (Wildman–Crippen LogP) is 3.37. The van der Waals surface area contributed by atoms with Gasteiger partial charge in [0.25, 0.3) is 5.69 Å². The molecule has 100 valence electrons. The number of nitro groups is 1. The van der Waals surface area contributed by atoms with Crippen molar-refractivity contribution in [3.8, 4) is 0 Å². The van der Waals surface area contributed by atoms with Gasteiger partial charge in [-0.2, -0.15) is 0 Å². The molecule has 0 bridgehead atoms. The average molecular weight is 312 g/mol. The molecule has 2 aromatic rings. The van der Waals surface area contributed by atoms with Gasteiger partial charge < -0.3 is 4.74 Å². The first-order valence-corrected chi connectivity index (χ1v) is 6.03. The van der Waals surface area contributed by atoms with Crippen LogP contribution in [0.25, 0.3) is 10.8 Å². The number of non-ortho nitro benzene ring substituents is 1. The summed E-state index contributed by atoms with van der Waals surface area (Å²) in [7, 11) is 0. The molecule has 0 aliphatic carbocycles. The van der Waals surface area contributed by atoms with Gasteiger partial charge in [0.15, 0.2) is 0 Å². The summed E-state index contributed by atoms with van der Waals surface area (Å²) in [6.07, 6.45) is 0. The highest BCUT2D eigenvalue weighted by atomic mass is 35.5. The van der Waals surface area contributed by atoms with E-state index < -0.39 is 16.9 Å². The van der Waals surface area contributed by atoms with E-state index in [1.165, 1.54) is 12.1 Å². The van der Waals surface area contributed by atoms with Crippen molar-refractivity contribution in [2.45, 2.75) is 0 Å². The first-order valence-electron chi connectivity index (χ1n) is 5.27. The van der Waals surface area contributed by atoms with E-state index in [0.29, 0.717) is 0 Å². The Bertz CT molecular complexity index is 830.